The van der Waals surface area contributed by atoms with Crippen LogP contribution < -0.4 is 5.32 Å². The topological polar surface area (TPSA) is 81.2 Å². The van der Waals surface area contributed by atoms with Gasteiger partial charge >= 0.3 is 0 Å². The molecule has 0 aliphatic carbocycles. The van der Waals surface area contributed by atoms with E-state index >= 15 is 0 Å². The smallest absolute Gasteiger partial charge is 0.233 e. The first-order valence-corrected chi connectivity index (χ1v) is 6.19. The maximum atomic E-state index is 12.3. The van der Waals surface area contributed by atoms with Crippen molar-refractivity contribution < 1.29 is 13.8 Å². The number of hydrogen-bond acceptors (Lipinski definition) is 5. The standard InChI is InChI=1S/C13H17N3O3/c1-5-10(11-8(3)15-19-9(11)4)13(17)14-12-7(2)6-18-16-12/h6,10H,5H2,1-4H3,(H,14,16,17). The summed E-state index contributed by atoms with van der Waals surface area (Å²) in [7, 11) is 0. The predicted molar refractivity (Wildman–Crippen MR) is 68.9 cm³/mol. The number of aryl methyl sites for hydroxylation is 3. The molecule has 0 saturated heterocycles. The van der Waals surface area contributed by atoms with Gasteiger partial charge in [0.05, 0.1) is 11.6 Å². The second-order valence-corrected chi connectivity index (χ2v) is 4.53. The highest BCUT2D eigenvalue weighted by Crippen LogP contribution is 2.27. The number of nitrogens with zero attached hydrogens (tertiary/aromatic N) is 2. The molecule has 2 rings (SSSR count). The van der Waals surface area contributed by atoms with Crippen molar-refractivity contribution in [1.82, 2.24) is 10.3 Å². The number of rotatable bonds is 4. The zero-order valence-electron chi connectivity index (χ0n) is 11.5. The monoisotopic (exact) mass is 263 g/mol. The minimum atomic E-state index is -0.303. The molecule has 0 aromatic carbocycles. The molecule has 2 aromatic rings. The molecule has 0 bridgehead atoms. The number of carbonyl (C=O) groups is 1. The average Bonchev–Trinajstić information content (AvgIpc) is 2.91. The number of nitrogens with one attached hydrogen (secondary N) is 1. The highest BCUT2D eigenvalue weighted by Gasteiger charge is 2.26. The number of carbonyl (C=O) groups excluding carboxylic acids is 1. The third kappa shape index (κ3) is 2.52. The van der Waals surface area contributed by atoms with E-state index in [1.165, 1.54) is 6.26 Å². The molecule has 6 heteroatoms. The summed E-state index contributed by atoms with van der Waals surface area (Å²) in [4.78, 5) is 12.3. The Morgan fingerprint density at radius 3 is 2.58 bits per heavy atom. The van der Waals surface area contributed by atoms with Crippen molar-refractivity contribution in [2.75, 3.05) is 5.32 Å². The molecule has 0 spiro atoms. The Balaban J connectivity index is 2.23. The highest BCUT2D eigenvalue weighted by molar-refractivity contribution is 5.95. The lowest BCUT2D eigenvalue weighted by molar-refractivity contribution is -0.117. The Labute approximate surface area is 111 Å². The van der Waals surface area contributed by atoms with Gasteiger partial charge in [0.2, 0.25) is 5.91 Å². The molecule has 1 amide bonds. The summed E-state index contributed by atoms with van der Waals surface area (Å²) >= 11 is 0. The average molecular weight is 263 g/mol. The summed E-state index contributed by atoms with van der Waals surface area (Å²) in [6, 6.07) is 0. The molecule has 0 radical (unpaired) electrons. The summed E-state index contributed by atoms with van der Waals surface area (Å²) < 4.78 is 9.93. The fourth-order valence-electron chi connectivity index (χ4n) is 2.12. The normalized spacial score (nSPS) is 12.4. The minimum absolute atomic E-state index is 0.131. The minimum Gasteiger partial charge on any atom is -0.362 e. The van der Waals surface area contributed by atoms with Crippen molar-refractivity contribution >= 4 is 11.7 Å². The second kappa shape index (κ2) is 5.26. The van der Waals surface area contributed by atoms with Crippen LogP contribution in [0.5, 0.6) is 0 Å². The number of aromatic nitrogens is 2. The van der Waals surface area contributed by atoms with E-state index in [4.69, 9.17) is 9.05 Å². The summed E-state index contributed by atoms with van der Waals surface area (Å²) in [5.41, 5.74) is 2.39. The fourth-order valence-corrected chi connectivity index (χ4v) is 2.12. The van der Waals surface area contributed by atoms with Gasteiger partial charge in [-0.15, -0.1) is 0 Å². The zero-order chi connectivity index (χ0) is 14.0. The first kappa shape index (κ1) is 13.3. The Kier molecular flexibility index (Phi) is 3.69. The van der Waals surface area contributed by atoms with Crippen molar-refractivity contribution in [3.63, 3.8) is 0 Å². The summed E-state index contributed by atoms with van der Waals surface area (Å²) in [5, 5.41) is 10.4. The lowest BCUT2D eigenvalue weighted by Gasteiger charge is -2.13. The van der Waals surface area contributed by atoms with Crippen LogP contribution in [0.1, 0.15) is 41.8 Å². The predicted octanol–water partition coefficient (Wildman–Crippen LogP) is 2.72. The Bertz CT molecular complexity index is 566. The second-order valence-electron chi connectivity index (χ2n) is 4.53. The lowest BCUT2D eigenvalue weighted by atomic mass is 9.94. The maximum absolute atomic E-state index is 12.3. The number of amides is 1. The van der Waals surface area contributed by atoms with Crippen LogP contribution in [0.4, 0.5) is 5.82 Å². The number of hydrogen-bond donors (Lipinski definition) is 1. The van der Waals surface area contributed by atoms with E-state index in [0.717, 1.165) is 16.8 Å². The van der Waals surface area contributed by atoms with E-state index in [9.17, 15) is 4.79 Å². The van der Waals surface area contributed by atoms with Gasteiger partial charge in [-0.25, -0.2) is 0 Å². The van der Waals surface area contributed by atoms with Gasteiger partial charge in [-0.2, -0.15) is 0 Å². The van der Waals surface area contributed by atoms with Crippen LogP contribution in [0.15, 0.2) is 15.3 Å². The third-order valence-corrected chi connectivity index (χ3v) is 3.15. The molecule has 19 heavy (non-hydrogen) atoms. The Morgan fingerprint density at radius 2 is 2.11 bits per heavy atom. The molecule has 102 valence electrons. The molecule has 6 nitrogen and oxygen atoms in total. The summed E-state index contributed by atoms with van der Waals surface area (Å²) in [5.74, 6) is 0.697. The molecule has 0 saturated carbocycles. The third-order valence-electron chi connectivity index (χ3n) is 3.15. The van der Waals surface area contributed by atoms with Crippen LogP contribution in [0.2, 0.25) is 0 Å². The van der Waals surface area contributed by atoms with Crippen LogP contribution in [0.3, 0.4) is 0 Å². The van der Waals surface area contributed by atoms with E-state index in [-0.39, 0.29) is 11.8 Å². The van der Waals surface area contributed by atoms with Crippen molar-refractivity contribution in [2.24, 2.45) is 0 Å². The zero-order valence-corrected chi connectivity index (χ0v) is 11.5. The molecular weight excluding hydrogens is 246 g/mol. The van der Waals surface area contributed by atoms with Crippen molar-refractivity contribution in [2.45, 2.75) is 40.0 Å². The molecule has 2 heterocycles. The van der Waals surface area contributed by atoms with Crippen LogP contribution in [-0.4, -0.2) is 16.2 Å². The molecule has 2 aromatic heterocycles. The van der Waals surface area contributed by atoms with Crippen LogP contribution in [-0.2, 0) is 4.79 Å². The number of anilines is 1. The first-order valence-electron chi connectivity index (χ1n) is 6.19. The molecule has 1 unspecified atom stereocenters. The van der Waals surface area contributed by atoms with Gasteiger partial charge in [-0.1, -0.05) is 17.2 Å². The summed E-state index contributed by atoms with van der Waals surface area (Å²) in [6.45, 7) is 7.42. The molecule has 1 atom stereocenters. The van der Waals surface area contributed by atoms with E-state index in [2.05, 4.69) is 15.6 Å². The van der Waals surface area contributed by atoms with Gasteiger partial charge in [0.25, 0.3) is 0 Å². The van der Waals surface area contributed by atoms with Gasteiger partial charge in [0, 0.05) is 11.1 Å². The largest absolute Gasteiger partial charge is 0.362 e. The van der Waals surface area contributed by atoms with Gasteiger partial charge < -0.3 is 14.4 Å². The lowest BCUT2D eigenvalue weighted by Crippen LogP contribution is -2.22. The van der Waals surface area contributed by atoms with Gasteiger partial charge in [0.1, 0.15) is 12.0 Å². The maximum Gasteiger partial charge on any atom is 0.233 e. The van der Waals surface area contributed by atoms with Crippen LogP contribution in [0.25, 0.3) is 0 Å². The van der Waals surface area contributed by atoms with Gasteiger partial charge in [-0.05, 0) is 27.2 Å². The molecule has 0 fully saturated rings. The quantitative estimate of drug-likeness (QED) is 0.917. The van der Waals surface area contributed by atoms with Gasteiger partial charge in [-0.3, -0.25) is 4.79 Å². The van der Waals surface area contributed by atoms with Crippen molar-refractivity contribution in [3.8, 4) is 0 Å². The van der Waals surface area contributed by atoms with E-state index in [1.54, 1.807) is 0 Å². The molecule has 0 aliphatic heterocycles. The van der Waals surface area contributed by atoms with Crippen LogP contribution in [0, 0.1) is 20.8 Å². The van der Waals surface area contributed by atoms with Gasteiger partial charge in [0.15, 0.2) is 5.82 Å². The Hall–Kier alpha value is -2.11. The van der Waals surface area contributed by atoms with Crippen molar-refractivity contribution in [3.05, 3.63) is 28.8 Å². The van der Waals surface area contributed by atoms with Crippen LogP contribution >= 0.6 is 0 Å². The molecular formula is C13H17N3O3. The SMILES string of the molecule is CCC(C(=O)Nc1nocc1C)c1c(C)noc1C. The van der Waals surface area contributed by atoms with E-state index in [0.29, 0.717) is 18.0 Å². The molecule has 0 aliphatic rings. The fraction of sp³-hybridized carbons (Fsp3) is 0.462. The van der Waals surface area contributed by atoms with Crippen molar-refractivity contribution in [1.29, 1.82) is 0 Å². The Morgan fingerprint density at radius 1 is 1.37 bits per heavy atom. The van der Waals surface area contributed by atoms with E-state index in [1.807, 2.05) is 27.7 Å². The molecule has 1 N–H and O–H groups in total. The highest BCUT2D eigenvalue weighted by atomic mass is 16.5. The first-order chi connectivity index (χ1) is 9.04. The van der Waals surface area contributed by atoms with E-state index < -0.39 is 0 Å². The summed E-state index contributed by atoms with van der Waals surface area (Å²) in [6.07, 6.45) is 2.15.